The minimum absolute atomic E-state index is 0.0572. The number of benzene rings is 1. The van der Waals surface area contributed by atoms with Gasteiger partial charge in [0.25, 0.3) is 0 Å². The molecule has 25 heavy (non-hydrogen) atoms. The summed E-state index contributed by atoms with van der Waals surface area (Å²) in [6.07, 6.45) is 0.892. The first-order chi connectivity index (χ1) is 11.6. The number of rotatable bonds is 3. The van der Waals surface area contributed by atoms with Crippen molar-refractivity contribution < 1.29 is 18.7 Å². The Balaban J connectivity index is 1.98. The van der Waals surface area contributed by atoms with E-state index in [1.807, 2.05) is 0 Å². The summed E-state index contributed by atoms with van der Waals surface area (Å²) in [5.74, 6) is -2.46. The third kappa shape index (κ3) is 3.67. The first-order valence-corrected chi connectivity index (χ1v) is 8.69. The van der Waals surface area contributed by atoms with Gasteiger partial charge in [-0.05, 0) is 37.0 Å². The van der Waals surface area contributed by atoms with E-state index in [0.717, 1.165) is 11.3 Å². The van der Waals surface area contributed by atoms with Crippen molar-refractivity contribution >= 4 is 17.0 Å². The highest BCUT2D eigenvalue weighted by molar-refractivity contribution is 5.92. The number of carboxylic acids is 1. The zero-order valence-electron chi connectivity index (χ0n) is 14.9. The van der Waals surface area contributed by atoms with Gasteiger partial charge in [0.05, 0.1) is 16.6 Å². The van der Waals surface area contributed by atoms with Crippen LogP contribution in [0.25, 0.3) is 11.0 Å². The quantitative estimate of drug-likeness (QED) is 0.860. The highest BCUT2D eigenvalue weighted by atomic mass is 19.3. The summed E-state index contributed by atoms with van der Waals surface area (Å²) >= 11 is 0. The number of carbonyl (C=O) groups is 1. The molecule has 3 rings (SSSR count). The lowest BCUT2D eigenvalue weighted by atomic mass is 9.86. The molecule has 1 aliphatic rings. The maximum absolute atomic E-state index is 13.4. The highest BCUT2D eigenvalue weighted by Gasteiger charge is 2.35. The van der Waals surface area contributed by atoms with E-state index in [1.165, 1.54) is 0 Å². The minimum atomic E-state index is -2.53. The summed E-state index contributed by atoms with van der Waals surface area (Å²) in [5.41, 5.74) is 1.49. The number of hydrogen-bond donors (Lipinski definition) is 1. The van der Waals surface area contributed by atoms with Gasteiger partial charge in [-0.3, -0.25) is 0 Å². The molecule has 0 radical (unpaired) electrons. The van der Waals surface area contributed by atoms with Gasteiger partial charge in [-0.1, -0.05) is 20.8 Å². The van der Waals surface area contributed by atoms with E-state index >= 15 is 0 Å². The van der Waals surface area contributed by atoms with E-state index in [-0.39, 0.29) is 29.7 Å². The van der Waals surface area contributed by atoms with Crippen LogP contribution in [0.15, 0.2) is 18.2 Å². The zero-order chi connectivity index (χ0) is 18.4. The predicted molar refractivity (Wildman–Crippen MR) is 92.3 cm³/mol. The van der Waals surface area contributed by atoms with Crippen LogP contribution in [0.4, 0.5) is 8.78 Å². The van der Waals surface area contributed by atoms with Gasteiger partial charge in [0.1, 0.15) is 5.82 Å². The van der Waals surface area contributed by atoms with Crippen molar-refractivity contribution in [2.24, 2.45) is 5.92 Å². The molecule has 136 valence electrons. The topological polar surface area (TPSA) is 55.1 Å². The van der Waals surface area contributed by atoms with Gasteiger partial charge < -0.3 is 9.67 Å². The second kappa shape index (κ2) is 6.07. The molecule has 1 aromatic carbocycles. The van der Waals surface area contributed by atoms with Crippen LogP contribution in [0.3, 0.4) is 0 Å². The summed E-state index contributed by atoms with van der Waals surface area (Å²) in [5, 5.41) is 9.18. The molecular weight excluding hydrogens is 326 g/mol. The first-order valence-electron chi connectivity index (χ1n) is 8.69. The van der Waals surface area contributed by atoms with Crippen LogP contribution >= 0.6 is 0 Å². The Morgan fingerprint density at radius 3 is 2.52 bits per heavy atom. The van der Waals surface area contributed by atoms with Crippen molar-refractivity contribution in [1.29, 1.82) is 0 Å². The Kier molecular flexibility index (Phi) is 4.33. The van der Waals surface area contributed by atoms with Crippen molar-refractivity contribution in [1.82, 2.24) is 9.55 Å². The molecule has 0 spiro atoms. The molecule has 0 aliphatic heterocycles. The Morgan fingerprint density at radius 1 is 1.32 bits per heavy atom. The van der Waals surface area contributed by atoms with Crippen molar-refractivity contribution in [3.05, 3.63) is 29.6 Å². The third-order valence-electron chi connectivity index (χ3n) is 4.94. The number of aromatic carboxylic acids is 1. The van der Waals surface area contributed by atoms with Crippen LogP contribution in [0.2, 0.25) is 0 Å². The number of nitrogens with zero attached hydrogens (tertiary/aromatic N) is 2. The lowest BCUT2D eigenvalue weighted by Crippen LogP contribution is -2.28. The molecule has 1 N–H and O–H groups in total. The lowest BCUT2D eigenvalue weighted by Gasteiger charge is -2.30. The number of fused-ring (bicyclic) bond motifs is 1. The fourth-order valence-corrected chi connectivity index (χ4v) is 3.56. The molecule has 1 aliphatic carbocycles. The summed E-state index contributed by atoms with van der Waals surface area (Å²) in [4.78, 5) is 15.9. The molecular formula is C19H24F2N2O2. The minimum Gasteiger partial charge on any atom is -0.478 e. The van der Waals surface area contributed by atoms with Crippen LogP contribution in [0, 0.1) is 5.92 Å². The molecule has 0 amide bonds. The highest BCUT2D eigenvalue weighted by Crippen LogP contribution is 2.38. The maximum atomic E-state index is 13.4. The molecule has 6 heteroatoms. The van der Waals surface area contributed by atoms with Gasteiger partial charge in [0.2, 0.25) is 5.92 Å². The number of imidazole rings is 1. The van der Waals surface area contributed by atoms with Gasteiger partial charge in [0.15, 0.2) is 0 Å². The SMILES string of the molecule is CC(C)(C)c1nc2cc(C(=O)O)ccc2n1CC1CCC(F)(F)CC1. The molecule has 1 heterocycles. The molecule has 0 atom stereocenters. The molecule has 0 unspecified atom stereocenters. The smallest absolute Gasteiger partial charge is 0.335 e. The molecule has 0 saturated heterocycles. The number of carboxylic acid groups (broad SMARTS) is 1. The van der Waals surface area contributed by atoms with E-state index in [4.69, 9.17) is 0 Å². The van der Waals surface area contributed by atoms with E-state index in [9.17, 15) is 18.7 Å². The average Bonchev–Trinajstić information content (AvgIpc) is 2.87. The van der Waals surface area contributed by atoms with Gasteiger partial charge in [0, 0.05) is 24.8 Å². The predicted octanol–water partition coefficient (Wildman–Crippen LogP) is 4.86. The lowest BCUT2D eigenvalue weighted by molar-refractivity contribution is -0.0473. The van der Waals surface area contributed by atoms with E-state index in [0.29, 0.717) is 24.9 Å². The Bertz CT molecular complexity index is 796. The fourth-order valence-electron chi connectivity index (χ4n) is 3.56. The average molecular weight is 350 g/mol. The summed E-state index contributed by atoms with van der Waals surface area (Å²) < 4.78 is 28.9. The Hall–Kier alpha value is -1.98. The van der Waals surface area contributed by atoms with Gasteiger partial charge in [-0.15, -0.1) is 0 Å². The monoisotopic (exact) mass is 350 g/mol. The van der Waals surface area contributed by atoms with Gasteiger partial charge in [-0.25, -0.2) is 18.6 Å². The van der Waals surface area contributed by atoms with Gasteiger partial charge >= 0.3 is 5.97 Å². The summed E-state index contributed by atoms with van der Waals surface area (Å²) in [7, 11) is 0. The van der Waals surface area contributed by atoms with Gasteiger partial charge in [-0.2, -0.15) is 0 Å². The number of halogens is 2. The molecule has 1 aromatic heterocycles. The Labute approximate surface area is 145 Å². The molecule has 1 fully saturated rings. The second-order valence-corrected chi connectivity index (χ2v) is 8.10. The second-order valence-electron chi connectivity index (χ2n) is 8.10. The van der Waals surface area contributed by atoms with E-state index in [2.05, 4.69) is 30.3 Å². The maximum Gasteiger partial charge on any atom is 0.335 e. The standard InChI is InChI=1S/C19H24F2N2O2/c1-18(2,3)17-22-14-10-13(16(24)25)4-5-15(14)23(17)11-12-6-8-19(20,21)9-7-12/h4-5,10,12H,6-9,11H2,1-3H3,(H,24,25). The van der Waals surface area contributed by atoms with Crippen molar-refractivity contribution in [2.45, 2.75) is 64.3 Å². The molecule has 4 nitrogen and oxygen atoms in total. The fraction of sp³-hybridized carbons (Fsp3) is 0.579. The largest absolute Gasteiger partial charge is 0.478 e. The zero-order valence-corrected chi connectivity index (χ0v) is 14.9. The third-order valence-corrected chi connectivity index (χ3v) is 4.94. The first kappa shape index (κ1) is 17.8. The summed E-state index contributed by atoms with van der Waals surface area (Å²) in [6.45, 7) is 6.80. The van der Waals surface area contributed by atoms with Crippen molar-refractivity contribution in [3.63, 3.8) is 0 Å². The van der Waals surface area contributed by atoms with Crippen molar-refractivity contribution in [3.8, 4) is 0 Å². The van der Waals surface area contributed by atoms with Crippen molar-refractivity contribution in [2.75, 3.05) is 0 Å². The van der Waals surface area contributed by atoms with Crippen LogP contribution in [0.1, 0.15) is 62.6 Å². The molecule has 1 saturated carbocycles. The van der Waals surface area contributed by atoms with Crippen LogP contribution < -0.4 is 0 Å². The number of hydrogen-bond acceptors (Lipinski definition) is 2. The normalized spacial score (nSPS) is 18.6. The molecule has 0 bridgehead atoms. The van der Waals surface area contributed by atoms with Crippen LogP contribution in [-0.2, 0) is 12.0 Å². The van der Waals surface area contributed by atoms with E-state index < -0.39 is 11.9 Å². The molecule has 2 aromatic rings. The van der Waals surface area contributed by atoms with E-state index in [1.54, 1.807) is 18.2 Å². The number of alkyl halides is 2. The Morgan fingerprint density at radius 2 is 1.96 bits per heavy atom. The number of aromatic nitrogens is 2. The van der Waals surface area contributed by atoms with Crippen LogP contribution in [0.5, 0.6) is 0 Å². The van der Waals surface area contributed by atoms with Crippen LogP contribution in [-0.4, -0.2) is 26.5 Å². The summed E-state index contributed by atoms with van der Waals surface area (Å²) in [6, 6.07) is 4.93.